The van der Waals surface area contributed by atoms with Crippen LogP contribution in [0.25, 0.3) is 11.4 Å². The maximum Gasteiger partial charge on any atom is 0.321 e. The standard InChI is InChI=1S/C25H27N5O3/c1-17(31)18-7-11-22(12-8-18)29-13-15-30(16-14-29)25(32)26-21-9-5-19(6-10-21)23-27-24(33-28-23)20-3-2-4-20/h5-12,20H,2-4,13-16H2,1H3,(H,26,32). The molecule has 2 amide bonds. The number of benzene rings is 2. The van der Waals surface area contributed by atoms with E-state index in [1.807, 2.05) is 53.4 Å². The van der Waals surface area contributed by atoms with Gasteiger partial charge in [-0.1, -0.05) is 11.6 Å². The van der Waals surface area contributed by atoms with E-state index in [-0.39, 0.29) is 11.8 Å². The van der Waals surface area contributed by atoms with Crippen molar-refractivity contribution < 1.29 is 14.1 Å². The van der Waals surface area contributed by atoms with Crippen molar-refractivity contribution in [3.05, 3.63) is 60.0 Å². The van der Waals surface area contributed by atoms with E-state index in [9.17, 15) is 9.59 Å². The number of carbonyl (C=O) groups excluding carboxylic acids is 2. The number of amides is 2. The molecule has 1 aliphatic heterocycles. The SMILES string of the molecule is CC(=O)c1ccc(N2CCN(C(=O)Nc3ccc(-c4noc(C5CCC5)n4)cc3)CC2)cc1. The zero-order valence-corrected chi connectivity index (χ0v) is 18.7. The minimum atomic E-state index is -0.110. The van der Waals surface area contributed by atoms with Crippen LogP contribution in [0, 0.1) is 0 Å². The van der Waals surface area contributed by atoms with Crippen molar-refractivity contribution in [1.29, 1.82) is 0 Å². The molecule has 5 rings (SSSR count). The Morgan fingerprint density at radius 3 is 2.27 bits per heavy atom. The number of nitrogens with zero attached hydrogens (tertiary/aromatic N) is 4. The van der Waals surface area contributed by atoms with Crippen molar-refractivity contribution in [3.8, 4) is 11.4 Å². The molecule has 2 fully saturated rings. The molecule has 0 atom stereocenters. The fourth-order valence-corrected chi connectivity index (χ4v) is 4.15. The van der Waals surface area contributed by atoms with Gasteiger partial charge in [0, 0.05) is 54.6 Å². The highest BCUT2D eigenvalue weighted by atomic mass is 16.5. The van der Waals surface area contributed by atoms with Gasteiger partial charge in [0.25, 0.3) is 0 Å². The first-order valence-corrected chi connectivity index (χ1v) is 11.4. The van der Waals surface area contributed by atoms with Gasteiger partial charge in [0.15, 0.2) is 5.78 Å². The van der Waals surface area contributed by atoms with E-state index in [2.05, 4.69) is 20.4 Å². The van der Waals surface area contributed by atoms with Gasteiger partial charge < -0.3 is 19.6 Å². The number of hydrogen-bond donors (Lipinski definition) is 1. The molecule has 0 unspecified atom stereocenters. The predicted octanol–water partition coefficient (Wildman–Crippen LogP) is 4.56. The fraction of sp³-hybridized carbons (Fsp3) is 0.360. The summed E-state index contributed by atoms with van der Waals surface area (Å²) in [4.78, 5) is 32.7. The first kappa shape index (κ1) is 21.2. The number of carbonyl (C=O) groups is 2. The quantitative estimate of drug-likeness (QED) is 0.579. The van der Waals surface area contributed by atoms with Crippen molar-refractivity contribution in [1.82, 2.24) is 15.0 Å². The fourth-order valence-electron chi connectivity index (χ4n) is 4.15. The molecule has 3 aromatic rings. The summed E-state index contributed by atoms with van der Waals surface area (Å²) in [7, 11) is 0. The number of nitrogens with one attached hydrogen (secondary N) is 1. The van der Waals surface area contributed by atoms with Gasteiger partial charge in [-0.15, -0.1) is 0 Å². The smallest absolute Gasteiger partial charge is 0.321 e. The van der Waals surface area contributed by atoms with E-state index in [0.717, 1.165) is 48.8 Å². The van der Waals surface area contributed by atoms with Crippen LogP contribution in [0.1, 0.15) is 48.4 Å². The summed E-state index contributed by atoms with van der Waals surface area (Å²) in [6.07, 6.45) is 3.46. The van der Waals surface area contributed by atoms with Gasteiger partial charge in [-0.25, -0.2) is 4.79 Å². The molecule has 2 aromatic carbocycles. The summed E-state index contributed by atoms with van der Waals surface area (Å²) in [5.74, 6) is 1.78. The largest absolute Gasteiger partial charge is 0.368 e. The van der Waals surface area contributed by atoms with Crippen LogP contribution in [0.4, 0.5) is 16.2 Å². The Morgan fingerprint density at radius 2 is 1.67 bits per heavy atom. The van der Waals surface area contributed by atoms with E-state index in [1.54, 1.807) is 6.92 Å². The number of piperazine rings is 1. The zero-order valence-electron chi connectivity index (χ0n) is 18.7. The van der Waals surface area contributed by atoms with Crippen molar-refractivity contribution >= 4 is 23.2 Å². The topological polar surface area (TPSA) is 91.6 Å². The lowest BCUT2D eigenvalue weighted by atomic mass is 9.85. The van der Waals surface area contributed by atoms with Gasteiger partial charge in [-0.2, -0.15) is 4.98 Å². The third-order valence-corrected chi connectivity index (χ3v) is 6.50. The Morgan fingerprint density at radius 1 is 0.970 bits per heavy atom. The predicted molar refractivity (Wildman–Crippen MR) is 126 cm³/mol. The molecule has 2 aliphatic rings. The lowest BCUT2D eigenvalue weighted by molar-refractivity contribution is 0.101. The van der Waals surface area contributed by atoms with Crippen molar-refractivity contribution in [3.63, 3.8) is 0 Å². The summed E-state index contributed by atoms with van der Waals surface area (Å²) in [5, 5.41) is 7.07. The van der Waals surface area contributed by atoms with Crippen LogP contribution in [0.15, 0.2) is 53.1 Å². The van der Waals surface area contributed by atoms with Gasteiger partial charge in [0.2, 0.25) is 11.7 Å². The summed E-state index contributed by atoms with van der Waals surface area (Å²) in [6.45, 7) is 4.31. The Hall–Kier alpha value is -3.68. The highest BCUT2D eigenvalue weighted by molar-refractivity contribution is 5.94. The first-order valence-electron chi connectivity index (χ1n) is 11.4. The van der Waals surface area contributed by atoms with Gasteiger partial charge in [-0.05, 0) is 68.3 Å². The Kier molecular flexibility index (Phi) is 5.81. The van der Waals surface area contributed by atoms with Crippen LogP contribution >= 0.6 is 0 Å². The summed E-state index contributed by atoms with van der Waals surface area (Å²) in [5.41, 5.74) is 3.37. The molecule has 0 bridgehead atoms. The van der Waals surface area contributed by atoms with E-state index in [1.165, 1.54) is 6.42 Å². The number of Topliss-reactive ketones (excluding diaryl/α,β-unsaturated/α-hetero) is 1. The minimum absolute atomic E-state index is 0.0618. The highest BCUT2D eigenvalue weighted by Crippen LogP contribution is 2.36. The summed E-state index contributed by atoms with van der Waals surface area (Å²) in [6, 6.07) is 15.0. The lowest BCUT2D eigenvalue weighted by Crippen LogP contribution is -2.50. The Bertz CT molecular complexity index is 1130. The van der Waals surface area contributed by atoms with Crippen LogP contribution in [0.2, 0.25) is 0 Å². The second kappa shape index (κ2) is 9.05. The molecule has 170 valence electrons. The van der Waals surface area contributed by atoms with Crippen molar-refractivity contribution in [2.24, 2.45) is 0 Å². The van der Waals surface area contributed by atoms with E-state index in [0.29, 0.717) is 30.4 Å². The number of ketones is 1. The van der Waals surface area contributed by atoms with Crippen molar-refractivity contribution in [2.45, 2.75) is 32.1 Å². The van der Waals surface area contributed by atoms with Crippen LogP contribution in [0.3, 0.4) is 0 Å². The number of hydrogen-bond acceptors (Lipinski definition) is 6. The molecule has 1 saturated heterocycles. The molecule has 1 N–H and O–H groups in total. The van der Waals surface area contributed by atoms with Crippen LogP contribution in [0.5, 0.6) is 0 Å². The highest BCUT2D eigenvalue weighted by Gasteiger charge is 2.26. The average molecular weight is 446 g/mol. The number of rotatable bonds is 5. The molecule has 33 heavy (non-hydrogen) atoms. The number of urea groups is 1. The normalized spacial score (nSPS) is 16.4. The van der Waals surface area contributed by atoms with Crippen LogP contribution in [-0.4, -0.2) is 53.0 Å². The number of aromatic nitrogens is 2. The Balaban J connectivity index is 1.14. The Labute approximate surface area is 192 Å². The van der Waals surface area contributed by atoms with E-state index < -0.39 is 0 Å². The van der Waals surface area contributed by atoms with Crippen LogP contribution in [-0.2, 0) is 0 Å². The third-order valence-electron chi connectivity index (χ3n) is 6.50. The molecule has 1 aromatic heterocycles. The second-order valence-corrected chi connectivity index (χ2v) is 8.67. The summed E-state index contributed by atoms with van der Waals surface area (Å²) < 4.78 is 5.40. The molecule has 8 heteroatoms. The monoisotopic (exact) mass is 445 g/mol. The second-order valence-electron chi connectivity index (χ2n) is 8.67. The molecule has 0 radical (unpaired) electrons. The number of anilines is 2. The molecular formula is C25H27N5O3. The van der Waals surface area contributed by atoms with Gasteiger partial charge in [0.05, 0.1) is 0 Å². The average Bonchev–Trinajstić information content (AvgIpc) is 3.28. The third kappa shape index (κ3) is 4.60. The van der Waals surface area contributed by atoms with Crippen LogP contribution < -0.4 is 10.2 Å². The molecule has 2 heterocycles. The van der Waals surface area contributed by atoms with Gasteiger partial charge >= 0.3 is 6.03 Å². The maximum absolute atomic E-state index is 12.7. The van der Waals surface area contributed by atoms with Gasteiger partial charge in [-0.3, -0.25) is 4.79 Å². The first-order chi connectivity index (χ1) is 16.1. The molecule has 0 spiro atoms. The molecular weight excluding hydrogens is 418 g/mol. The zero-order chi connectivity index (χ0) is 22.8. The van der Waals surface area contributed by atoms with Gasteiger partial charge in [0.1, 0.15) is 0 Å². The molecule has 1 saturated carbocycles. The molecule has 1 aliphatic carbocycles. The minimum Gasteiger partial charge on any atom is -0.368 e. The summed E-state index contributed by atoms with van der Waals surface area (Å²) >= 11 is 0. The van der Waals surface area contributed by atoms with Crippen molar-refractivity contribution in [2.75, 3.05) is 36.4 Å². The molecule has 8 nitrogen and oxygen atoms in total. The van der Waals surface area contributed by atoms with E-state index in [4.69, 9.17) is 4.52 Å². The lowest BCUT2D eigenvalue weighted by Gasteiger charge is -2.36. The maximum atomic E-state index is 12.7. The van der Waals surface area contributed by atoms with E-state index >= 15 is 0 Å².